The van der Waals surface area contributed by atoms with Crippen molar-refractivity contribution in [3.05, 3.63) is 29.8 Å². The first-order valence-corrected chi connectivity index (χ1v) is 12.6. The van der Waals surface area contributed by atoms with E-state index in [2.05, 4.69) is 50.5 Å². The minimum atomic E-state index is -1.27. The van der Waals surface area contributed by atoms with E-state index in [9.17, 15) is 0 Å². The number of alkyl halides is 1. The average Bonchev–Trinajstić information content (AvgIpc) is 2.27. The third-order valence-electron chi connectivity index (χ3n) is 4.15. The lowest BCUT2D eigenvalue weighted by Gasteiger charge is -2.33. The maximum Gasteiger partial charge on any atom is 0.0763 e. The SMILES string of the molecule is C[Si]1(C)c2ccccc2C(Cl)[Si]1(C)C. The molecule has 0 fully saturated rings. The van der Waals surface area contributed by atoms with Crippen LogP contribution in [0.4, 0.5) is 0 Å². The molecule has 1 aromatic carbocycles. The molecule has 1 aliphatic heterocycles. The molecule has 0 saturated heterocycles. The second-order valence-electron chi connectivity index (χ2n) is 5.30. The molecule has 0 amide bonds. The van der Waals surface area contributed by atoms with Crippen LogP contribution in [0.2, 0.25) is 26.2 Å². The van der Waals surface area contributed by atoms with E-state index >= 15 is 0 Å². The Hall–Kier alpha value is -0.0562. The summed E-state index contributed by atoms with van der Waals surface area (Å²) in [4.78, 5) is 0. The normalized spacial score (nSPS) is 27.4. The summed E-state index contributed by atoms with van der Waals surface area (Å²) in [6.45, 7) is 9.88. The highest BCUT2D eigenvalue weighted by Crippen LogP contribution is 2.42. The minimum Gasteiger partial charge on any atom is -0.122 e. The van der Waals surface area contributed by atoms with Crippen LogP contribution in [0, 0.1) is 0 Å². The Balaban J connectivity index is 2.68. The van der Waals surface area contributed by atoms with Crippen LogP contribution < -0.4 is 5.19 Å². The summed E-state index contributed by atoms with van der Waals surface area (Å²) >= 11 is 6.62. The van der Waals surface area contributed by atoms with E-state index in [1.165, 1.54) is 5.56 Å². The van der Waals surface area contributed by atoms with Gasteiger partial charge in [-0.1, -0.05) is 55.6 Å². The molecule has 14 heavy (non-hydrogen) atoms. The third-order valence-corrected chi connectivity index (χ3v) is 24.5. The van der Waals surface area contributed by atoms with Crippen LogP contribution in [0.15, 0.2) is 24.3 Å². The lowest BCUT2D eigenvalue weighted by Crippen LogP contribution is -2.59. The van der Waals surface area contributed by atoms with Crippen molar-refractivity contribution < 1.29 is 0 Å². The van der Waals surface area contributed by atoms with Crippen molar-refractivity contribution in [3.8, 4) is 0 Å². The number of hydrogen-bond donors (Lipinski definition) is 0. The van der Waals surface area contributed by atoms with Gasteiger partial charge in [0, 0.05) is 5.00 Å². The van der Waals surface area contributed by atoms with E-state index in [1.807, 2.05) is 0 Å². The van der Waals surface area contributed by atoms with Gasteiger partial charge in [-0.3, -0.25) is 0 Å². The Morgan fingerprint density at radius 1 is 1.07 bits per heavy atom. The van der Waals surface area contributed by atoms with Gasteiger partial charge in [0.05, 0.1) is 15.2 Å². The third kappa shape index (κ3) is 1.11. The monoisotopic (exact) mass is 240 g/mol. The maximum absolute atomic E-state index is 6.62. The van der Waals surface area contributed by atoms with Gasteiger partial charge < -0.3 is 0 Å². The van der Waals surface area contributed by atoms with E-state index in [1.54, 1.807) is 5.19 Å². The van der Waals surface area contributed by atoms with Crippen molar-refractivity contribution in [1.29, 1.82) is 0 Å². The molecule has 1 aliphatic rings. The predicted molar refractivity (Wildman–Crippen MR) is 69.6 cm³/mol. The first-order chi connectivity index (χ1) is 6.39. The molecule has 0 aliphatic carbocycles. The van der Waals surface area contributed by atoms with Crippen LogP contribution in [0.5, 0.6) is 0 Å². The first-order valence-electron chi connectivity index (χ1n) is 5.12. The van der Waals surface area contributed by atoms with Crippen LogP contribution in [0.25, 0.3) is 0 Å². The summed E-state index contributed by atoms with van der Waals surface area (Å²) < 4.78 is 0. The zero-order valence-electron chi connectivity index (χ0n) is 9.26. The molecule has 0 bridgehead atoms. The van der Waals surface area contributed by atoms with Crippen molar-refractivity contribution in [1.82, 2.24) is 0 Å². The molecule has 1 unspecified atom stereocenters. The van der Waals surface area contributed by atoms with Gasteiger partial charge in [0.1, 0.15) is 0 Å². The van der Waals surface area contributed by atoms with Crippen LogP contribution in [-0.2, 0) is 0 Å². The molecule has 0 radical (unpaired) electrons. The van der Waals surface area contributed by atoms with E-state index < -0.39 is 15.2 Å². The van der Waals surface area contributed by atoms with Gasteiger partial charge in [-0.05, 0) is 5.56 Å². The zero-order valence-corrected chi connectivity index (χ0v) is 12.0. The van der Waals surface area contributed by atoms with Gasteiger partial charge in [0.15, 0.2) is 0 Å². The van der Waals surface area contributed by atoms with Crippen molar-refractivity contribution >= 4 is 32.0 Å². The van der Waals surface area contributed by atoms with Crippen LogP contribution in [0.3, 0.4) is 0 Å². The largest absolute Gasteiger partial charge is 0.122 e. The van der Waals surface area contributed by atoms with Crippen molar-refractivity contribution in [2.45, 2.75) is 31.2 Å². The van der Waals surface area contributed by atoms with E-state index in [-0.39, 0.29) is 0 Å². The second kappa shape index (κ2) is 2.97. The number of hydrogen-bond acceptors (Lipinski definition) is 0. The molecule has 1 heterocycles. The standard InChI is InChI=1S/C11H17ClSi2/c1-13(2)10-8-6-5-7-9(10)11(12)14(13,3)4/h5-8,11H,1-4H3. The first kappa shape index (κ1) is 10.5. The molecule has 2 rings (SSSR count). The Labute approximate surface area is 93.1 Å². The number of fused-ring (bicyclic) bond motifs is 1. The molecular formula is C11H17ClSi2. The van der Waals surface area contributed by atoms with Gasteiger partial charge in [0.25, 0.3) is 0 Å². The van der Waals surface area contributed by atoms with Gasteiger partial charge in [-0.25, -0.2) is 0 Å². The Morgan fingerprint density at radius 2 is 1.64 bits per heavy atom. The zero-order chi connectivity index (χ0) is 10.6. The number of rotatable bonds is 0. The Morgan fingerprint density at radius 3 is 2.21 bits per heavy atom. The predicted octanol–water partition coefficient (Wildman–Crippen LogP) is 3.22. The highest BCUT2D eigenvalue weighted by molar-refractivity contribution is 7.48. The molecule has 0 aromatic heterocycles. The van der Waals surface area contributed by atoms with Crippen molar-refractivity contribution in [2.75, 3.05) is 0 Å². The quantitative estimate of drug-likeness (QED) is 0.483. The van der Waals surface area contributed by atoms with Crippen LogP contribution in [0.1, 0.15) is 10.6 Å². The minimum absolute atomic E-state index is 0.334. The fraction of sp³-hybridized carbons (Fsp3) is 0.455. The number of benzene rings is 1. The van der Waals surface area contributed by atoms with Crippen molar-refractivity contribution in [3.63, 3.8) is 0 Å². The van der Waals surface area contributed by atoms with Gasteiger partial charge in [0.2, 0.25) is 0 Å². The van der Waals surface area contributed by atoms with Crippen LogP contribution in [-0.4, -0.2) is 15.2 Å². The molecule has 1 atom stereocenters. The fourth-order valence-electron chi connectivity index (χ4n) is 2.34. The highest BCUT2D eigenvalue weighted by atomic mass is 35.5. The highest BCUT2D eigenvalue weighted by Gasteiger charge is 2.54. The summed E-state index contributed by atoms with van der Waals surface area (Å²) in [5.41, 5.74) is 1.43. The Kier molecular flexibility index (Phi) is 2.22. The molecule has 0 spiro atoms. The molecule has 0 saturated carbocycles. The van der Waals surface area contributed by atoms with E-state index in [4.69, 9.17) is 11.6 Å². The molecule has 1 aromatic rings. The summed E-state index contributed by atoms with van der Waals surface area (Å²) in [5.74, 6) is 0. The fourth-order valence-corrected chi connectivity index (χ4v) is 14.2. The summed E-state index contributed by atoms with van der Waals surface area (Å²) in [6, 6.07) is 8.81. The second-order valence-corrected chi connectivity index (χ2v) is 21.5. The molecule has 3 heteroatoms. The van der Waals surface area contributed by atoms with E-state index in [0.29, 0.717) is 5.00 Å². The summed E-state index contributed by atoms with van der Waals surface area (Å²) in [7, 11) is -2.52. The topological polar surface area (TPSA) is 0 Å². The lowest BCUT2D eigenvalue weighted by molar-refractivity contribution is 1.33. The summed E-state index contributed by atoms with van der Waals surface area (Å²) in [6.07, 6.45) is 0. The summed E-state index contributed by atoms with van der Waals surface area (Å²) in [5, 5.41) is 1.94. The van der Waals surface area contributed by atoms with Gasteiger partial charge in [-0.2, -0.15) is 0 Å². The lowest BCUT2D eigenvalue weighted by atomic mass is 10.2. The van der Waals surface area contributed by atoms with E-state index in [0.717, 1.165) is 0 Å². The van der Waals surface area contributed by atoms with Crippen LogP contribution >= 0.6 is 11.6 Å². The molecule has 76 valence electrons. The molecular weight excluding hydrogens is 224 g/mol. The van der Waals surface area contributed by atoms with Gasteiger partial charge >= 0.3 is 0 Å². The maximum atomic E-state index is 6.62. The number of halogens is 1. The van der Waals surface area contributed by atoms with Crippen molar-refractivity contribution in [2.24, 2.45) is 0 Å². The Bertz CT molecular complexity index is 371. The average molecular weight is 241 g/mol. The smallest absolute Gasteiger partial charge is 0.0763 e. The molecule has 0 N–H and O–H groups in total. The molecule has 0 nitrogen and oxygen atoms in total. The van der Waals surface area contributed by atoms with Gasteiger partial charge in [-0.15, -0.1) is 11.6 Å².